The van der Waals surface area contributed by atoms with E-state index in [4.69, 9.17) is 0 Å². The largest absolute Gasteiger partial charge is 0.372 e. The van der Waals surface area contributed by atoms with E-state index in [1.807, 2.05) is 13.0 Å². The van der Waals surface area contributed by atoms with Gasteiger partial charge < -0.3 is 5.32 Å². The smallest absolute Gasteiger partial charge is 0.175 e. The van der Waals surface area contributed by atoms with E-state index in [1.54, 1.807) is 12.1 Å². The molecular weight excluding hydrogens is 248 g/mol. The molecule has 1 heterocycles. The molecular formula is C13H18N2O2S. The van der Waals surface area contributed by atoms with Gasteiger partial charge in [-0.05, 0) is 29.7 Å². The summed E-state index contributed by atoms with van der Waals surface area (Å²) in [5.41, 5.74) is 2.23. The Kier molecular flexibility index (Phi) is 3.71. The molecule has 1 aromatic rings. The van der Waals surface area contributed by atoms with Crippen LogP contribution in [0.15, 0.2) is 28.1 Å². The van der Waals surface area contributed by atoms with Gasteiger partial charge in [0.2, 0.25) is 0 Å². The molecule has 0 fully saturated rings. The van der Waals surface area contributed by atoms with E-state index >= 15 is 0 Å². The summed E-state index contributed by atoms with van der Waals surface area (Å²) in [5.74, 6) is 0.997. The van der Waals surface area contributed by atoms with Crippen molar-refractivity contribution in [3.8, 4) is 0 Å². The molecule has 0 spiro atoms. The standard InChI is InChI=1S/C13H18N2O2S/c1-3-10-8-12(18(2,16)17)5-4-11(10)9-13-14-6-7-15-13/h4-5,8H,3,6-7,9H2,1-2H3,(H,14,15). The van der Waals surface area contributed by atoms with E-state index in [0.29, 0.717) is 4.90 Å². The summed E-state index contributed by atoms with van der Waals surface area (Å²) < 4.78 is 23.0. The number of rotatable bonds is 4. The summed E-state index contributed by atoms with van der Waals surface area (Å²) in [5, 5.41) is 3.23. The van der Waals surface area contributed by atoms with Crippen LogP contribution in [0, 0.1) is 0 Å². The van der Waals surface area contributed by atoms with Crippen molar-refractivity contribution >= 4 is 15.7 Å². The summed E-state index contributed by atoms with van der Waals surface area (Å²) in [4.78, 5) is 4.76. The molecule has 1 aliphatic rings. The fraction of sp³-hybridized carbons (Fsp3) is 0.462. The Morgan fingerprint density at radius 1 is 1.33 bits per heavy atom. The highest BCUT2D eigenvalue weighted by Gasteiger charge is 2.12. The average Bonchev–Trinajstić information content (AvgIpc) is 2.81. The molecule has 1 aliphatic heterocycles. The lowest BCUT2D eigenvalue weighted by molar-refractivity contribution is 0.601. The first-order valence-electron chi connectivity index (χ1n) is 6.09. The maximum Gasteiger partial charge on any atom is 0.175 e. The van der Waals surface area contributed by atoms with E-state index in [1.165, 1.54) is 6.26 Å². The van der Waals surface area contributed by atoms with Gasteiger partial charge in [0.05, 0.1) is 11.4 Å². The number of hydrogen-bond acceptors (Lipinski definition) is 4. The van der Waals surface area contributed by atoms with Gasteiger partial charge in [0, 0.05) is 19.2 Å². The molecule has 2 rings (SSSR count). The molecule has 4 nitrogen and oxygen atoms in total. The number of nitrogens with one attached hydrogen (secondary N) is 1. The van der Waals surface area contributed by atoms with Gasteiger partial charge in [-0.1, -0.05) is 13.0 Å². The van der Waals surface area contributed by atoms with Crippen molar-refractivity contribution in [3.05, 3.63) is 29.3 Å². The monoisotopic (exact) mass is 266 g/mol. The van der Waals surface area contributed by atoms with Crippen molar-refractivity contribution in [2.75, 3.05) is 19.3 Å². The molecule has 0 radical (unpaired) electrons. The van der Waals surface area contributed by atoms with Crippen LogP contribution in [0.2, 0.25) is 0 Å². The summed E-state index contributed by atoms with van der Waals surface area (Å²) in [6, 6.07) is 5.36. The third-order valence-electron chi connectivity index (χ3n) is 3.09. The second kappa shape index (κ2) is 5.10. The predicted octanol–water partition coefficient (Wildman–Crippen LogP) is 1.20. The lowest BCUT2D eigenvalue weighted by Gasteiger charge is -2.10. The minimum Gasteiger partial charge on any atom is -0.372 e. The van der Waals surface area contributed by atoms with Crippen LogP contribution < -0.4 is 5.32 Å². The molecule has 1 N–H and O–H groups in total. The SMILES string of the molecule is CCc1cc(S(C)(=O)=O)ccc1CC1=NCCN1. The summed E-state index contributed by atoms with van der Waals surface area (Å²) in [6.07, 6.45) is 2.82. The van der Waals surface area contributed by atoms with Gasteiger partial charge in [-0.15, -0.1) is 0 Å². The first-order valence-corrected chi connectivity index (χ1v) is 7.99. The number of aryl methyl sites for hydroxylation is 1. The molecule has 0 aliphatic carbocycles. The lowest BCUT2D eigenvalue weighted by Crippen LogP contribution is -2.21. The first kappa shape index (κ1) is 13.1. The van der Waals surface area contributed by atoms with Crippen LogP contribution in [0.4, 0.5) is 0 Å². The van der Waals surface area contributed by atoms with Crippen molar-refractivity contribution < 1.29 is 8.42 Å². The number of nitrogens with zero attached hydrogens (tertiary/aromatic N) is 1. The first-order chi connectivity index (χ1) is 8.50. The number of amidine groups is 1. The average molecular weight is 266 g/mol. The molecule has 18 heavy (non-hydrogen) atoms. The third-order valence-corrected chi connectivity index (χ3v) is 4.20. The van der Waals surface area contributed by atoms with E-state index in [2.05, 4.69) is 10.3 Å². The maximum absolute atomic E-state index is 11.5. The Balaban J connectivity index is 2.31. The molecule has 0 saturated heterocycles. The van der Waals surface area contributed by atoms with Crippen LogP contribution in [0.1, 0.15) is 18.1 Å². The molecule has 5 heteroatoms. The predicted molar refractivity (Wildman–Crippen MR) is 72.9 cm³/mol. The summed E-state index contributed by atoms with van der Waals surface area (Å²) in [7, 11) is -3.13. The van der Waals surface area contributed by atoms with E-state index < -0.39 is 9.84 Å². The molecule has 0 aromatic heterocycles. The highest BCUT2D eigenvalue weighted by atomic mass is 32.2. The zero-order chi connectivity index (χ0) is 13.2. The zero-order valence-electron chi connectivity index (χ0n) is 10.7. The Morgan fingerprint density at radius 3 is 2.67 bits per heavy atom. The molecule has 0 unspecified atom stereocenters. The van der Waals surface area contributed by atoms with Gasteiger partial charge in [0.1, 0.15) is 5.84 Å². The van der Waals surface area contributed by atoms with Crippen LogP contribution >= 0.6 is 0 Å². The minimum atomic E-state index is -3.13. The molecule has 0 amide bonds. The van der Waals surface area contributed by atoms with Gasteiger partial charge in [0.25, 0.3) is 0 Å². The second-order valence-electron chi connectivity index (χ2n) is 4.49. The molecule has 1 aromatic carbocycles. The quantitative estimate of drug-likeness (QED) is 0.890. The lowest BCUT2D eigenvalue weighted by atomic mass is 10.0. The van der Waals surface area contributed by atoms with Crippen LogP contribution in [0.25, 0.3) is 0 Å². The minimum absolute atomic E-state index is 0.393. The van der Waals surface area contributed by atoms with Crippen LogP contribution in [-0.4, -0.2) is 33.6 Å². The fourth-order valence-electron chi connectivity index (χ4n) is 2.08. The van der Waals surface area contributed by atoms with Gasteiger partial charge in [-0.2, -0.15) is 0 Å². The van der Waals surface area contributed by atoms with E-state index in [-0.39, 0.29) is 0 Å². The van der Waals surface area contributed by atoms with Crippen molar-refractivity contribution in [2.24, 2.45) is 4.99 Å². The normalized spacial score (nSPS) is 15.3. The Hall–Kier alpha value is -1.36. The fourth-order valence-corrected chi connectivity index (χ4v) is 2.75. The van der Waals surface area contributed by atoms with E-state index in [0.717, 1.165) is 42.9 Å². The van der Waals surface area contributed by atoms with Crippen LogP contribution in [0.5, 0.6) is 0 Å². The van der Waals surface area contributed by atoms with Crippen LogP contribution in [-0.2, 0) is 22.7 Å². The third kappa shape index (κ3) is 2.90. The van der Waals surface area contributed by atoms with Gasteiger partial charge in [0.15, 0.2) is 9.84 Å². The van der Waals surface area contributed by atoms with Crippen molar-refractivity contribution in [1.29, 1.82) is 0 Å². The highest BCUT2D eigenvalue weighted by Crippen LogP contribution is 2.18. The molecule has 0 atom stereocenters. The number of sulfone groups is 1. The van der Waals surface area contributed by atoms with Crippen LogP contribution in [0.3, 0.4) is 0 Å². The second-order valence-corrected chi connectivity index (χ2v) is 6.50. The summed E-state index contributed by atoms with van der Waals surface area (Å²) in [6.45, 7) is 3.77. The van der Waals surface area contributed by atoms with Gasteiger partial charge >= 0.3 is 0 Å². The molecule has 0 bridgehead atoms. The van der Waals surface area contributed by atoms with Gasteiger partial charge in [-0.3, -0.25) is 4.99 Å². The Labute approximate surface area is 108 Å². The van der Waals surface area contributed by atoms with E-state index in [9.17, 15) is 8.42 Å². The van der Waals surface area contributed by atoms with Gasteiger partial charge in [-0.25, -0.2) is 8.42 Å². The topological polar surface area (TPSA) is 58.5 Å². The summed E-state index contributed by atoms with van der Waals surface area (Å²) >= 11 is 0. The highest BCUT2D eigenvalue weighted by molar-refractivity contribution is 7.90. The molecule has 0 saturated carbocycles. The Bertz CT molecular complexity index is 577. The molecule has 98 valence electrons. The number of hydrogen-bond donors (Lipinski definition) is 1. The zero-order valence-corrected chi connectivity index (χ0v) is 11.5. The maximum atomic E-state index is 11.5. The van der Waals surface area contributed by atoms with Crippen molar-refractivity contribution in [2.45, 2.75) is 24.7 Å². The number of aliphatic imine (C=N–C) groups is 1. The van der Waals surface area contributed by atoms with Crippen molar-refractivity contribution in [1.82, 2.24) is 5.32 Å². The Morgan fingerprint density at radius 2 is 2.11 bits per heavy atom. The number of benzene rings is 1. The van der Waals surface area contributed by atoms with Crippen molar-refractivity contribution in [3.63, 3.8) is 0 Å².